The molecule has 3 amide bonds. The third kappa shape index (κ3) is 4.43. The van der Waals surface area contributed by atoms with Crippen molar-refractivity contribution in [2.75, 3.05) is 19.6 Å². The highest BCUT2D eigenvalue weighted by Crippen LogP contribution is 2.25. The number of nitrogens with zero attached hydrogens (tertiary/aromatic N) is 1. The Morgan fingerprint density at radius 1 is 1.00 bits per heavy atom. The lowest BCUT2D eigenvalue weighted by molar-refractivity contribution is -0.125. The maximum Gasteiger partial charge on any atom is 0.322 e. The van der Waals surface area contributed by atoms with Crippen molar-refractivity contribution in [1.29, 1.82) is 0 Å². The number of unbranched alkanes of at least 4 members (excludes halogenated alkanes) is 6. The van der Waals surface area contributed by atoms with Crippen LogP contribution in [0, 0.1) is 0 Å². The second-order valence-corrected chi connectivity index (χ2v) is 6.45. The first-order valence-corrected chi connectivity index (χ1v) is 8.52. The Morgan fingerprint density at radius 2 is 1.62 bits per heavy atom. The predicted molar refractivity (Wildman–Crippen MR) is 83.1 cm³/mol. The third-order valence-corrected chi connectivity index (χ3v) is 4.80. The number of imide groups is 1. The molecule has 2 heterocycles. The average molecular weight is 295 g/mol. The number of rotatable bonds is 8. The van der Waals surface area contributed by atoms with Gasteiger partial charge >= 0.3 is 6.03 Å². The van der Waals surface area contributed by atoms with Crippen LogP contribution in [0.3, 0.4) is 0 Å². The number of likely N-dealkylation sites (tertiary alicyclic amines) is 1. The molecule has 0 radical (unpaired) electrons. The summed E-state index contributed by atoms with van der Waals surface area (Å²) >= 11 is 0. The smallest absolute Gasteiger partial charge is 0.322 e. The lowest BCUT2D eigenvalue weighted by Gasteiger charge is -2.36. The van der Waals surface area contributed by atoms with E-state index in [1.54, 1.807) is 0 Å². The number of hydrogen-bond acceptors (Lipinski definition) is 3. The van der Waals surface area contributed by atoms with Gasteiger partial charge in [0.25, 0.3) is 5.91 Å². The maximum atomic E-state index is 11.8. The first-order chi connectivity index (χ1) is 10.2. The van der Waals surface area contributed by atoms with Crippen molar-refractivity contribution in [3.05, 3.63) is 0 Å². The quantitative estimate of drug-likeness (QED) is 0.534. The topological polar surface area (TPSA) is 61.4 Å². The summed E-state index contributed by atoms with van der Waals surface area (Å²) in [5.41, 5.74) is -0.617. The van der Waals surface area contributed by atoms with Crippen LogP contribution < -0.4 is 10.6 Å². The van der Waals surface area contributed by atoms with E-state index >= 15 is 0 Å². The van der Waals surface area contributed by atoms with E-state index in [1.165, 1.54) is 44.9 Å². The minimum Gasteiger partial charge on any atom is -0.323 e. The minimum atomic E-state index is -0.617. The Balaban J connectivity index is 1.57. The zero-order chi connectivity index (χ0) is 15.1. The molecule has 0 saturated carbocycles. The molecule has 0 unspecified atom stereocenters. The van der Waals surface area contributed by atoms with E-state index in [2.05, 4.69) is 22.5 Å². The molecular formula is C16H29N3O2. The number of carbonyl (C=O) groups is 2. The van der Waals surface area contributed by atoms with Gasteiger partial charge in [0.1, 0.15) is 5.54 Å². The first-order valence-electron chi connectivity index (χ1n) is 8.52. The lowest BCUT2D eigenvalue weighted by Crippen LogP contribution is -2.54. The van der Waals surface area contributed by atoms with E-state index in [-0.39, 0.29) is 11.9 Å². The summed E-state index contributed by atoms with van der Waals surface area (Å²) in [6, 6.07) is -0.333. The fourth-order valence-electron chi connectivity index (χ4n) is 3.33. The summed E-state index contributed by atoms with van der Waals surface area (Å²) in [6.45, 7) is 5.18. The van der Waals surface area contributed by atoms with E-state index in [9.17, 15) is 9.59 Å². The van der Waals surface area contributed by atoms with Crippen LogP contribution in [0.5, 0.6) is 0 Å². The molecule has 0 bridgehead atoms. The lowest BCUT2D eigenvalue weighted by atomic mass is 9.87. The number of nitrogens with one attached hydrogen (secondary N) is 2. The van der Waals surface area contributed by atoms with E-state index in [0.29, 0.717) is 0 Å². The van der Waals surface area contributed by atoms with Crippen molar-refractivity contribution in [3.63, 3.8) is 0 Å². The zero-order valence-corrected chi connectivity index (χ0v) is 13.2. The summed E-state index contributed by atoms with van der Waals surface area (Å²) in [5.74, 6) is -0.136. The van der Waals surface area contributed by atoms with E-state index in [1.807, 2.05) is 0 Å². The van der Waals surface area contributed by atoms with Gasteiger partial charge in [0, 0.05) is 13.1 Å². The van der Waals surface area contributed by atoms with Gasteiger partial charge in [0.05, 0.1) is 0 Å². The van der Waals surface area contributed by atoms with Crippen molar-refractivity contribution in [2.45, 2.75) is 70.3 Å². The number of piperidine rings is 1. The van der Waals surface area contributed by atoms with Crippen LogP contribution in [-0.2, 0) is 4.79 Å². The van der Waals surface area contributed by atoms with Crippen LogP contribution in [0.2, 0.25) is 0 Å². The summed E-state index contributed by atoms with van der Waals surface area (Å²) in [4.78, 5) is 25.5. The second-order valence-electron chi connectivity index (χ2n) is 6.45. The van der Waals surface area contributed by atoms with Crippen LogP contribution in [0.15, 0.2) is 0 Å². The van der Waals surface area contributed by atoms with Crippen LogP contribution >= 0.6 is 0 Å². The number of urea groups is 1. The molecule has 2 saturated heterocycles. The molecule has 21 heavy (non-hydrogen) atoms. The van der Waals surface area contributed by atoms with Crippen LogP contribution in [-0.4, -0.2) is 42.0 Å². The van der Waals surface area contributed by atoms with Gasteiger partial charge in [-0.05, 0) is 25.8 Å². The van der Waals surface area contributed by atoms with Gasteiger partial charge in [-0.1, -0.05) is 45.4 Å². The van der Waals surface area contributed by atoms with Gasteiger partial charge in [0.2, 0.25) is 0 Å². The largest absolute Gasteiger partial charge is 0.323 e. The van der Waals surface area contributed by atoms with Crippen molar-refractivity contribution >= 4 is 11.9 Å². The van der Waals surface area contributed by atoms with E-state index in [4.69, 9.17) is 0 Å². The molecule has 2 fully saturated rings. The number of amides is 3. The highest BCUT2D eigenvalue weighted by molar-refractivity contribution is 6.07. The Labute approximate surface area is 127 Å². The molecule has 0 aromatic carbocycles. The molecule has 0 aliphatic carbocycles. The molecule has 5 heteroatoms. The van der Waals surface area contributed by atoms with Crippen molar-refractivity contribution in [3.8, 4) is 0 Å². The number of hydrogen-bond donors (Lipinski definition) is 2. The van der Waals surface area contributed by atoms with E-state index < -0.39 is 5.54 Å². The molecule has 120 valence electrons. The van der Waals surface area contributed by atoms with Crippen LogP contribution in [0.25, 0.3) is 0 Å². The normalized spacial score (nSPS) is 21.6. The molecule has 2 rings (SSSR count). The molecule has 1 spiro atoms. The monoisotopic (exact) mass is 295 g/mol. The summed E-state index contributed by atoms with van der Waals surface area (Å²) < 4.78 is 0. The van der Waals surface area contributed by atoms with Gasteiger partial charge in [-0.3, -0.25) is 10.1 Å². The Kier molecular flexibility index (Phi) is 6.03. The zero-order valence-electron chi connectivity index (χ0n) is 13.2. The summed E-state index contributed by atoms with van der Waals surface area (Å²) in [5, 5.41) is 5.17. The molecule has 0 aromatic heterocycles. The molecular weight excluding hydrogens is 266 g/mol. The fourth-order valence-corrected chi connectivity index (χ4v) is 3.33. The molecule has 2 aliphatic rings. The van der Waals surface area contributed by atoms with Gasteiger partial charge < -0.3 is 10.2 Å². The number of carbonyl (C=O) groups excluding carboxylic acids is 2. The van der Waals surface area contributed by atoms with Gasteiger partial charge in [-0.25, -0.2) is 4.79 Å². The van der Waals surface area contributed by atoms with Gasteiger partial charge in [0.15, 0.2) is 0 Å². The molecule has 0 atom stereocenters. The maximum absolute atomic E-state index is 11.8. The van der Waals surface area contributed by atoms with Gasteiger partial charge in [-0.15, -0.1) is 0 Å². The Hall–Kier alpha value is -1.10. The SMILES string of the molecule is CCCCCCCCCN1CCC2(CC1)NC(=O)NC2=O. The Morgan fingerprint density at radius 3 is 2.19 bits per heavy atom. The Bertz CT molecular complexity index is 363. The minimum absolute atomic E-state index is 0.136. The summed E-state index contributed by atoms with van der Waals surface area (Å²) in [7, 11) is 0. The first kappa shape index (κ1) is 16.3. The van der Waals surface area contributed by atoms with Crippen molar-refractivity contribution < 1.29 is 9.59 Å². The van der Waals surface area contributed by atoms with Crippen molar-refractivity contribution in [1.82, 2.24) is 15.5 Å². The molecule has 2 aliphatic heterocycles. The summed E-state index contributed by atoms with van der Waals surface area (Å²) in [6.07, 6.45) is 10.8. The van der Waals surface area contributed by atoms with Gasteiger partial charge in [-0.2, -0.15) is 0 Å². The van der Waals surface area contributed by atoms with Crippen LogP contribution in [0.1, 0.15) is 64.7 Å². The standard InChI is InChI=1S/C16H29N3O2/c1-2-3-4-5-6-7-8-11-19-12-9-16(10-13-19)14(20)17-15(21)18-16/h2-13H2,1H3,(H2,17,18,20,21). The molecule has 5 nitrogen and oxygen atoms in total. The highest BCUT2D eigenvalue weighted by Gasteiger charge is 2.47. The fraction of sp³-hybridized carbons (Fsp3) is 0.875. The molecule has 2 N–H and O–H groups in total. The predicted octanol–water partition coefficient (Wildman–Crippen LogP) is 2.41. The highest BCUT2D eigenvalue weighted by atomic mass is 16.2. The van der Waals surface area contributed by atoms with Crippen LogP contribution in [0.4, 0.5) is 4.79 Å². The second kappa shape index (κ2) is 7.78. The molecule has 0 aromatic rings. The average Bonchev–Trinajstić information content (AvgIpc) is 2.74. The third-order valence-electron chi connectivity index (χ3n) is 4.80. The van der Waals surface area contributed by atoms with Crippen molar-refractivity contribution in [2.24, 2.45) is 0 Å². The van der Waals surface area contributed by atoms with E-state index in [0.717, 1.165) is 32.5 Å².